The number of phenolic OH excluding ortho intramolecular Hbond substituents is 2. The molecule has 7 heteroatoms. The summed E-state index contributed by atoms with van der Waals surface area (Å²) in [5, 5.41) is 28.6. The lowest BCUT2D eigenvalue weighted by molar-refractivity contribution is 0.0973. The molecule has 1 aliphatic rings. The van der Waals surface area contributed by atoms with Crippen LogP contribution in [0.5, 0.6) is 17.2 Å². The van der Waals surface area contributed by atoms with E-state index in [4.69, 9.17) is 5.11 Å². The normalized spacial score (nSPS) is 12.5. The number of carbonyl (C=O) groups is 3. The molecule has 0 bridgehead atoms. The van der Waals surface area contributed by atoms with Crippen molar-refractivity contribution in [1.82, 2.24) is 0 Å². The summed E-state index contributed by atoms with van der Waals surface area (Å²) in [6.45, 7) is 0. The van der Waals surface area contributed by atoms with E-state index in [1.807, 2.05) is 0 Å². The van der Waals surface area contributed by atoms with E-state index in [2.05, 4.69) is 4.74 Å². The van der Waals surface area contributed by atoms with Crippen LogP contribution < -0.4 is 4.74 Å². The van der Waals surface area contributed by atoms with Crippen molar-refractivity contribution in [2.45, 2.75) is 0 Å². The second-order valence-electron chi connectivity index (χ2n) is 4.56. The Labute approximate surface area is 123 Å². The molecule has 0 aromatic heterocycles. The lowest BCUT2D eigenvalue weighted by atomic mass is 9.83. The van der Waals surface area contributed by atoms with Crippen LogP contribution in [0.2, 0.25) is 0 Å². The molecule has 3 rings (SSSR count). The minimum Gasteiger partial charge on any atom is -0.507 e. The van der Waals surface area contributed by atoms with Gasteiger partial charge in [0.1, 0.15) is 5.75 Å². The van der Waals surface area contributed by atoms with Gasteiger partial charge in [0, 0.05) is 17.2 Å². The van der Waals surface area contributed by atoms with E-state index < -0.39 is 40.5 Å². The fourth-order valence-electron chi connectivity index (χ4n) is 2.41. The van der Waals surface area contributed by atoms with Gasteiger partial charge in [0.15, 0.2) is 23.1 Å². The third-order valence-electron chi connectivity index (χ3n) is 3.31. The first-order valence-corrected chi connectivity index (χ1v) is 6.10. The molecule has 1 aliphatic carbocycles. The van der Waals surface area contributed by atoms with Crippen LogP contribution in [0.15, 0.2) is 30.3 Å². The molecule has 0 atom stereocenters. The lowest BCUT2D eigenvalue weighted by Crippen LogP contribution is -2.21. The fourth-order valence-corrected chi connectivity index (χ4v) is 2.41. The SMILES string of the molecule is O=C(O)Oc1cc(O)c2c(c1O)C(=O)c1ccccc1C2=O. The predicted molar refractivity (Wildman–Crippen MR) is 71.7 cm³/mol. The fraction of sp³-hybridized carbons (Fsp3) is 0. The third kappa shape index (κ3) is 1.80. The molecule has 2 aromatic rings. The monoisotopic (exact) mass is 300 g/mol. The minimum atomic E-state index is -1.73. The first-order valence-electron chi connectivity index (χ1n) is 6.10. The van der Waals surface area contributed by atoms with Gasteiger partial charge in [0.05, 0.1) is 11.1 Å². The predicted octanol–water partition coefficient (Wildman–Crippen LogP) is 1.93. The van der Waals surface area contributed by atoms with Crippen LogP contribution in [-0.2, 0) is 0 Å². The maximum atomic E-state index is 12.4. The summed E-state index contributed by atoms with van der Waals surface area (Å²) in [4.78, 5) is 35.4. The van der Waals surface area contributed by atoms with Gasteiger partial charge < -0.3 is 20.1 Å². The Kier molecular flexibility index (Phi) is 2.84. The summed E-state index contributed by atoms with van der Waals surface area (Å²) in [5.74, 6) is -3.40. The zero-order valence-corrected chi connectivity index (χ0v) is 10.9. The highest BCUT2D eigenvalue weighted by Gasteiger charge is 2.36. The number of aromatic hydroxyl groups is 2. The van der Waals surface area contributed by atoms with Gasteiger partial charge in [-0.3, -0.25) is 9.59 Å². The molecule has 0 saturated heterocycles. The zero-order valence-electron chi connectivity index (χ0n) is 10.9. The number of phenols is 2. The third-order valence-corrected chi connectivity index (χ3v) is 3.31. The van der Waals surface area contributed by atoms with Gasteiger partial charge in [-0.05, 0) is 0 Å². The van der Waals surface area contributed by atoms with E-state index in [0.717, 1.165) is 6.07 Å². The van der Waals surface area contributed by atoms with E-state index in [9.17, 15) is 24.6 Å². The van der Waals surface area contributed by atoms with E-state index in [0.29, 0.717) is 0 Å². The van der Waals surface area contributed by atoms with Crippen molar-refractivity contribution >= 4 is 17.7 Å². The molecule has 0 amide bonds. The molecule has 0 heterocycles. The molecular weight excluding hydrogens is 292 g/mol. The number of hydrogen-bond acceptors (Lipinski definition) is 6. The van der Waals surface area contributed by atoms with Crippen molar-refractivity contribution in [3.63, 3.8) is 0 Å². The second kappa shape index (κ2) is 4.59. The van der Waals surface area contributed by atoms with Crippen LogP contribution in [0.4, 0.5) is 4.79 Å². The van der Waals surface area contributed by atoms with Crippen molar-refractivity contribution in [3.05, 3.63) is 52.6 Å². The number of rotatable bonds is 1. The zero-order chi connectivity index (χ0) is 16.0. The van der Waals surface area contributed by atoms with Gasteiger partial charge >= 0.3 is 6.16 Å². The summed E-state index contributed by atoms with van der Waals surface area (Å²) in [6.07, 6.45) is -1.73. The van der Waals surface area contributed by atoms with Crippen molar-refractivity contribution in [1.29, 1.82) is 0 Å². The molecule has 0 spiro atoms. The first kappa shape index (κ1) is 13.6. The summed E-state index contributed by atoms with van der Waals surface area (Å²) >= 11 is 0. The summed E-state index contributed by atoms with van der Waals surface area (Å²) < 4.78 is 4.31. The summed E-state index contributed by atoms with van der Waals surface area (Å²) in [7, 11) is 0. The van der Waals surface area contributed by atoms with Gasteiger partial charge in [0.2, 0.25) is 0 Å². The van der Waals surface area contributed by atoms with Gasteiger partial charge in [-0.1, -0.05) is 24.3 Å². The number of fused-ring (bicyclic) bond motifs is 2. The quantitative estimate of drug-likeness (QED) is 0.356. The number of hydrogen-bond donors (Lipinski definition) is 3. The molecule has 0 saturated carbocycles. The second-order valence-corrected chi connectivity index (χ2v) is 4.56. The molecule has 22 heavy (non-hydrogen) atoms. The van der Waals surface area contributed by atoms with Crippen molar-refractivity contribution in [2.75, 3.05) is 0 Å². The van der Waals surface area contributed by atoms with Crippen LogP contribution in [0, 0.1) is 0 Å². The van der Waals surface area contributed by atoms with Crippen LogP contribution >= 0.6 is 0 Å². The maximum Gasteiger partial charge on any atom is 0.511 e. The number of carboxylic acid groups (broad SMARTS) is 1. The Balaban J connectivity index is 2.31. The first-order chi connectivity index (χ1) is 10.4. The number of ether oxygens (including phenoxy) is 1. The lowest BCUT2D eigenvalue weighted by Gasteiger charge is -2.20. The highest BCUT2D eigenvalue weighted by molar-refractivity contribution is 6.30. The van der Waals surface area contributed by atoms with Crippen molar-refractivity contribution in [3.8, 4) is 17.2 Å². The van der Waals surface area contributed by atoms with Crippen molar-refractivity contribution in [2.24, 2.45) is 0 Å². The largest absolute Gasteiger partial charge is 0.511 e. The van der Waals surface area contributed by atoms with E-state index in [1.54, 1.807) is 12.1 Å². The maximum absolute atomic E-state index is 12.4. The van der Waals surface area contributed by atoms with E-state index >= 15 is 0 Å². The molecule has 0 fully saturated rings. The van der Waals surface area contributed by atoms with Crippen LogP contribution in [0.25, 0.3) is 0 Å². The molecule has 7 nitrogen and oxygen atoms in total. The Morgan fingerprint density at radius 1 is 0.955 bits per heavy atom. The highest BCUT2D eigenvalue weighted by atomic mass is 16.7. The van der Waals surface area contributed by atoms with Gasteiger partial charge in [-0.2, -0.15) is 0 Å². The van der Waals surface area contributed by atoms with Crippen LogP contribution in [0.3, 0.4) is 0 Å². The molecule has 2 aromatic carbocycles. The van der Waals surface area contributed by atoms with E-state index in [1.165, 1.54) is 12.1 Å². The number of ketones is 2. The molecule has 0 aliphatic heterocycles. The van der Waals surface area contributed by atoms with Crippen LogP contribution in [0.1, 0.15) is 31.8 Å². The molecule has 110 valence electrons. The van der Waals surface area contributed by atoms with Gasteiger partial charge in [-0.25, -0.2) is 4.79 Å². The molecule has 3 N–H and O–H groups in total. The number of benzene rings is 2. The smallest absolute Gasteiger partial charge is 0.507 e. The average molecular weight is 300 g/mol. The average Bonchev–Trinajstić information content (AvgIpc) is 2.47. The van der Waals surface area contributed by atoms with Gasteiger partial charge in [-0.15, -0.1) is 0 Å². The topological polar surface area (TPSA) is 121 Å². The Morgan fingerprint density at radius 3 is 2.05 bits per heavy atom. The Morgan fingerprint density at radius 2 is 1.50 bits per heavy atom. The molecular formula is C15H8O7. The van der Waals surface area contributed by atoms with Crippen molar-refractivity contribution < 1.29 is 34.4 Å². The van der Waals surface area contributed by atoms with Gasteiger partial charge in [0.25, 0.3) is 0 Å². The standard InChI is InChI=1S/C15H8O7/c16-8-5-9(22-15(20)21)14(19)11-10(8)12(17)6-3-1-2-4-7(6)13(11)18/h1-5,16,19H,(H,20,21). The molecule has 0 radical (unpaired) electrons. The summed E-state index contributed by atoms with van der Waals surface area (Å²) in [5.41, 5.74) is -0.692. The van der Waals surface area contributed by atoms with E-state index in [-0.39, 0.29) is 16.7 Å². The Hall–Kier alpha value is -3.35. The van der Waals surface area contributed by atoms with Crippen LogP contribution in [-0.4, -0.2) is 33.0 Å². The highest BCUT2D eigenvalue weighted by Crippen LogP contribution is 2.43. The minimum absolute atomic E-state index is 0.0576. The number of carbonyl (C=O) groups excluding carboxylic acids is 2. The molecule has 0 unspecified atom stereocenters. The summed E-state index contributed by atoms with van der Waals surface area (Å²) in [6, 6.07) is 6.72. The Bertz CT molecular complexity index is 851.